The first-order chi connectivity index (χ1) is 13.5. The highest BCUT2D eigenvalue weighted by Crippen LogP contribution is 2.27. The molecule has 28 heavy (non-hydrogen) atoms. The van der Waals surface area contributed by atoms with Crippen molar-refractivity contribution in [3.05, 3.63) is 58.4 Å². The number of esters is 1. The first-order valence-electron chi connectivity index (χ1n) is 8.31. The van der Waals surface area contributed by atoms with E-state index in [1.165, 1.54) is 11.7 Å². The molecule has 0 spiro atoms. The van der Waals surface area contributed by atoms with Crippen molar-refractivity contribution in [2.45, 2.75) is 13.5 Å². The second kappa shape index (κ2) is 8.30. The Morgan fingerprint density at radius 2 is 1.82 bits per heavy atom. The fourth-order valence-corrected chi connectivity index (χ4v) is 3.72. The van der Waals surface area contributed by atoms with Gasteiger partial charge in [-0.25, -0.2) is 8.78 Å². The molecular formula is C19H16F2N2O4S. The van der Waals surface area contributed by atoms with Crippen molar-refractivity contribution in [1.29, 1.82) is 0 Å². The van der Waals surface area contributed by atoms with Crippen LogP contribution < -0.4 is 9.54 Å². The average molecular weight is 406 g/mol. The third-order valence-electron chi connectivity index (χ3n) is 3.85. The summed E-state index contributed by atoms with van der Waals surface area (Å²) >= 11 is 1.09. The second-order valence-corrected chi connectivity index (χ2v) is 6.61. The van der Waals surface area contributed by atoms with Crippen molar-refractivity contribution in [1.82, 2.24) is 4.57 Å². The molecule has 0 fully saturated rings. The van der Waals surface area contributed by atoms with E-state index < -0.39 is 29.1 Å². The SMILES string of the molecule is CCOC(=O)Cn1c(=NC(=O)c2c(F)cccc2F)sc2cccc(OC)c21. The molecule has 1 amide bonds. The number of halogens is 2. The summed E-state index contributed by atoms with van der Waals surface area (Å²) in [6.45, 7) is 1.62. The molecule has 6 nitrogen and oxygen atoms in total. The van der Waals surface area contributed by atoms with Gasteiger partial charge in [-0.1, -0.05) is 23.5 Å². The van der Waals surface area contributed by atoms with E-state index in [0.717, 1.165) is 29.5 Å². The highest BCUT2D eigenvalue weighted by Gasteiger charge is 2.19. The molecule has 0 aliphatic heterocycles. The first-order valence-corrected chi connectivity index (χ1v) is 9.13. The summed E-state index contributed by atoms with van der Waals surface area (Å²) in [5, 5.41) is 0. The molecule has 0 saturated heterocycles. The van der Waals surface area contributed by atoms with Gasteiger partial charge in [-0.05, 0) is 31.2 Å². The normalized spacial score (nSPS) is 11.6. The van der Waals surface area contributed by atoms with Gasteiger partial charge in [0, 0.05) is 0 Å². The van der Waals surface area contributed by atoms with Crippen LogP contribution in [0, 0.1) is 11.6 Å². The zero-order valence-corrected chi connectivity index (χ0v) is 15.9. The minimum Gasteiger partial charge on any atom is -0.495 e. The fraction of sp³-hybridized carbons (Fsp3) is 0.211. The quantitative estimate of drug-likeness (QED) is 0.610. The summed E-state index contributed by atoms with van der Waals surface area (Å²) in [5.74, 6) is -3.18. The first kappa shape index (κ1) is 19.7. The van der Waals surface area contributed by atoms with Crippen LogP contribution in [-0.4, -0.2) is 30.2 Å². The van der Waals surface area contributed by atoms with Crippen LogP contribution in [0.25, 0.3) is 10.2 Å². The zero-order valence-electron chi connectivity index (χ0n) is 15.1. The lowest BCUT2D eigenvalue weighted by Crippen LogP contribution is -2.23. The average Bonchev–Trinajstić information content (AvgIpc) is 2.99. The summed E-state index contributed by atoms with van der Waals surface area (Å²) in [6.07, 6.45) is 0. The van der Waals surface area contributed by atoms with E-state index in [2.05, 4.69) is 4.99 Å². The molecule has 0 N–H and O–H groups in total. The Hall–Kier alpha value is -3.07. The number of nitrogens with zero attached hydrogens (tertiary/aromatic N) is 2. The molecule has 0 aliphatic carbocycles. The van der Waals surface area contributed by atoms with Gasteiger partial charge in [-0.15, -0.1) is 0 Å². The number of amides is 1. The summed E-state index contributed by atoms with van der Waals surface area (Å²) in [5.41, 5.74) is -0.224. The molecule has 0 unspecified atom stereocenters. The molecule has 1 aromatic heterocycles. The van der Waals surface area contributed by atoms with Gasteiger partial charge in [0.25, 0.3) is 5.91 Å². The third-order valence-corrected chi connectivity index (χ3v) is 4.89. The number of aromatic nitrogens is 1. The highest BCUT2D eigenvalue weighted by atomic mass is 32.1. The van der Waals surface area contributed by atoms with Gasteiger partial charge in [0.1, 0.15) is 35.0 Å². The predicted molar refractivity (Wildman–Crippen MR) is 99.3 cm³/mol. The number of para-hydroxylation sites is 1. The Kier molecular flexibility index (Phi) is 5.84. The molecule has 0 atom stereocenters. The molecule has 1 heterocycles. The lowest BCUT2D eigenvalue weighted by Gasteiger charge is -2.08. The summed E-state index contributed by atoms with van der Waals surface area (Å²) in [4.78, 5) is 28.5. The zero-order chi connectivity index (χ0) is 20.3. The van der Waals surface area contributed by atoms with Crippen LogP contribution in [0.15, 0.2) is 41.4 Å². The van der Waals surface area contributed by atoms with Crippen LogP contribution in [0.4, 0.5) is 8.78 Å². The van der Waals surface area contributed by atoms with Crippen molar-refractivity contribution in [3.8, 4) is 5.75 Å². The van der Waals surface area contributed by atoms with Gasteiger partial charge in [0.2, 0.25) is 0 Å². The van der Waals surface area contributed by atoms with E-state index in [9.17, 15) is 18.4 Å². The lowest BCUT2D eigenvalue weighted by atomic mass is 10.2. The smallest absolute Gasteiger partial charge is 0.326 e. The fourth-order valence-electron chi connectivity index (χ4n) is 2.67. The van der Waals surface area contributed by atoms with Crippen LogP contribution >= 0.6 is 11.3 Å². The van der Waals surface area contributed by atoms with E-state index in [-0.39, 0.29) is 18.0 Å². The Morgan fingerprint density at radius 1 is 1.14 bits per heavy atom. The third kappa shape index (κ3) is 3.79. The number of fused-ring (bicyclic) bond motifs is 1. The van der Waals surface area contributed by atoms with Crippen LogP contribution in [0.5, 0.6) is 5.75 Å². The predicted octanol–water partition coefficient (Wildman–Crippen LogP) is 3.29. The second-order valence-electron chi connectivity index (χ2n) is 5.60. The monoisotopic (exact) mass is 406 g/mol. The van der Waals surface area contributed by atoms with E-state index >= 15 is 0 Å². The van der Waals surface area contributed by atoms with E-state index in [4.69, 9.17) is 9.47 Å². The lowest BCUT2D eigenvalue weighted by molar-refractivity contribution is -0.143. The van der Waals surface area contributed by atoms with Gasteiger partial charge in [-0.3, -0.25) is 9.59 Å². The number of carbonyl (C=O) groups is 2. The molecule has 3 rings (SSSR count). The number of hydrogen-bond acceptors (Lipinski definition) is 5. The van der Waals surface area contributed by atoms with Crippen molar-refractivity contribution >= 4 is 33.4 Å². The maximum absolute atomic E-state index is 13.9. The number of benzene rings is 2. The van der Waals surface area contributed by atoms with Gasteiger partial charge in [0.05, 0.1) is 18.4 Å². The van der Waals surface area contributed by atoms with Gasteiger partial charge in [-0.2, -0.15) is 4.99 Å². The Bertz CT molecular complexity index is 1100. The van der Waals surface area contributed by atoms with Gasteiger partial charge in [0.15, 0.2) is 4.80 Å². The van der Waals surface area contributed by atoms with Gasteiger partial charge < -0.3 is 14.0 Å². The van der Waals surface area contributed by atoms with Gasteiger partial charge >= 0.3 is 5.97 Å². The molecule has 3 aromatic rings. The Labute approximate surface area is 162 Å². The molecule has 0 radical (unpaired) electrons. The standard InChI is InChI=1S/C19H16F2N2O4S/c1-3-27-15(24)10-23-17-13(26-2)8-5-9-14(17)28-19(23)22-18(25)16-11(20)6-4-7-12(16)21/h4-9H,3,10H2,1-2H3. The largest absolute Gasteiger partial charge is 0.495 e. The molecule has 146 valence electrons. The number of hydrogen-bond donors (Lipinski definition) is 0. The number of ether oxygens (including phenoxy) is 2. The van der Waals surface area contributed by atoms with E-state index in [1.807, 2.05) is 0 Å². The summed E-state index contributed by atoms with van der Waals surface area (Å²) in [7, 11) is 1.47. The van der Waals surface area contributed by atoms with Crippen LogP contribution in [0.3, 0.4) is 0 Å². The summed E-state index contributed by atoms with van der Waals surface area (Å²) < 4.78 is 40.3. The highest BCUT2D eigenvalue weighted by molar-refractivity contribution is 7.16. The molecule has 2 aromatic carbocycles. The number of thiazole rings is 1. The number of carbonyl (C=O) groups excluding carboxylic acids is 2. The van der Waals surface area contributed by atoms with Crippen LogP contribution in [-0.2, 0) is 16.1 Å². The minimum absolute atomic E-state index is 0.0974. The van der Waals surface area contributed by atoms with Crippen molar-refractivity contribution in [3.63, 3.8) is 0 Å². The van der Waals surface area contributed by atoms with E-state index in [1.54, 1.807) is 25.1 Å². The molecule has 0 aliphatic rings. The maximum Gasteiger partial charge on any atom is 0.326 e. The Morgan fingerprint density at radius 3 is 2.46 bits per heavy atom. The van der Waals surface area contributed by atoms with E-state index in [0.29, 0.717) is 16.0 Å². The van der Waals surface area contributed by atoms with Crippen molar-refractivity contribution in [2.75, 3.05) is 13.7 Å². The molecule has 0 bridgehead atoms. The van der Waals surface area contributed by atoms with Crippen LogP contribution in [0.1, 0.15) is 17.3 Å². The molecular weight excluding hydrogens is 390 g/mol. The Balaban J connectivity index is 2.20. The number of rotatable bonds is 5. The minimum atomic E-state index is -1.08. The van der Waals surface area contributed by atoms with Crippen LogP contribution in [0.2, 0.25) is 0 Å². The van der Waals surface area contributed by atoms with Crippen molar-refractivity contribution < 1.29 is 27.8 Å². The topological polar surface area (TPSA) is 69.9 Å². The summed E-state index contributed by atoms with van der Waals surface area (Å²) in [6, 6.07) is 8.32. The molecule has 9 heteroatoms. The maximum atomic E-state index is 13.9. The number of methoxy groups -OCH3 is 1. The molecule has 0 saturated carbocycles. The van der Waals surface area contributed by atoms with Crippen molar-refractivity contribution in [2.24, 2.45) is 4.99 Å².